The average Bonchev–Trinajstić information content (AvgIpc) is 2.36. The number of carbonyl (C=O) groups excluding carboxylic acids is 1. The molecule has 0 bridgehead atoms. The highest BCUT2D eigenvalue weighted by Crippen LogP contribution is 2.17. The summed E-state index contributed by atoms with van der Waals surface area (Å²) in [7, 11) is 0. The maximum absolute atomic E-state index is 11.7. The molecule has 0 saturated carbocycles. The van der Waals surface area contributed by atoms with Gasteiger partial charge in [0.15, 0.2) is 0 Å². The standard InChI is InChI=1S/C12H16N2O4/c1-2-10(8-15)13-12(16)7-9-5-3-4-6-11(9)14(17)18/h3-6,10,15H,2,7-8H2,1H3,(H,13,16). The molecule has 0 fully saturated rings. The van der Waals surface area contributed by atoms with Crippen LogP contribution in [0.25, 0.3) is 0 Å². The van der Waals surface area contributed by atoms with Crippen LogP contribution in [0.3, 0.4) is 0 Å². The van der Waals surface area contributed by atoms with Crippen molar-refractivity contribution in [3.63, 3.8) is 0 Å². The fourth-order valence-electron chi connectivity index (χ4n) is 1.57. The van der Waals surface area contributed by atoms with E-state index in [1.165, 1.54) is 6.07 Å². The van der Waals surface area contributed by atoms with Gasteiger partial charge in [0.25, 0.3) is 5.69 Å². The molecule has 0 heterocycles. The van der Waals surface area contributed by atoms with Gasteiger partial charge in [-0.25, -0.2) is 0 Å². The zero-order valence-electron chi connectivity index (χ0n) is 10.1. The van der Waals surface area contributed by atoms with E-state index in [-0.39, 0.29) is 30.7 Å². The number of amides is 1. The van der Waals surface area contributed by atoms with Crippen LogP contribution in [0.5, 0.6) is 0 Å². The number of nitrogens with one attached hydrogen (secondary N) is 1. The average molecular weight is 252 g/mol. The summed E-state index contributed by atoms with van der Waals surface area (Å²) in [6.07, 6.45) is 0.548. The monoisotopic (exact) mass is 252 g/mol. The number of para-hydroxylation sites is 1. The van der Waals surface area contributed by atoms with Crippen molar-refractivity contribution in [1.29, 1.82) is 0 Å². The van der Waals surface area contributed by atoms with Gasteiger partial charge in [0.2, 0.25) is 5.91 Å². The number of carbonyl (C=O) groups is 1. The Morgan fingerprint density at radius 1 is 1.50 bits per heavy atom. The summed E-state index contributed by atoms with van der Waals surface area (Å²) < 4.78 is 0. The summed E-state index contributed by atoms with van der Waals surface area (Å²) in [6, 6.07) is 5.82. The number of benzene rings is 1. The molecule has 1 aromatic carbocycles. The molecule has 1 rings (SSSR count). The molecule has 1 aromatic rings. The molecule has 1 atom stereocenters. The largest absolute Gasteiger partial charge is 0.394 e. The first-order valence-corrected chi connectivity index (χ1v) is 5.71. The van der Waals surface area contributed by atoms with Crippen molar-refractivity contribution in [1.82, 2.24) is 5.32 Å². The van der Waals surface area contributed by atoms with Gasteiger partial charge in [-0.1, -0.05) is 25.1 Å². The third kappa shape index (κ3) is 3.81. The first kappa shape index (κ1) is 14.1. The number of nitro benzene ring substituents is 1. The predicted octanol–water partition coefficient (Wildman–Crippen LogP) is 1.02. The van der Waals surface area contributed by atoms with Gasteiger partial charge < -0.3 is 10.4 Å². The lowest BCUT2D eigenvalue weighted by Crippen LogP contribution is -2.37. The lowest BCUT2D eigenvalue weighted by atomic mass is 10.1. The Morgan fingerprint density at radius 2 is 2.17 bits per heavy atom. The molecule has 0 spiro atoms. The Balaban J connectivity index is 2.73. The van der Waals surface area contributed by atoms with Crippen molar-refractivity contribution in [2.45, 2.75) is 25.8 Å². The molecule has 0 aliphatic carbocycles. The minimum atomic E-state index is -0.508. The molecule has 0 aliphatic heterocycles. The summed E-state index contributed by atoms with van der Waals surface area (Å²) >= 11 is 0. The van der Waals surface area contributed by atoms with E-state index in [0.29, 0.717) is 12.0 Å². The fourth-order valence-corrected chi connectivity index (χ4v) is 1.57. The second-order valence-electron chi connectivity index (χ2n) is 3.92. The second kappa shape index (κ2) is 6.70. The van der Waals surface area contributed by atoms with Crippen LogP contribution in [-0.4, -0.2) is 28.6 Å². The maximum Gasteiger partial charge on any atom is 0.273 e. The van der Waals surface area contributed by atoms with Crippen molar-refractivity contribution in [2.75, 3.05) is 6.61 Å². The smallest absolute Gasteiger partial charge is 0.273 e. The van der Waals surface area contributed by atoms with Gasteiger partial charge in [0.1, 0.15) is 0 Å². The van der Waals surface area contributed by atoms with Crippen molar-refractivity contribution in [3.05, 3.63) is 39.9 Å². The SMILES string of the molecule is CCC(CO)NC(=O)Cc1ccccc1[N+](=O)[O-]. The number of nitro groups is 1. The second-order valence-corrected chi connectivity index (χ2v) is 3.92. The van der Waals surface area contributed by atoms with Gasteiger partial charge in [-0.2, -0.15) is 0 Å². The van der Waals surface area contributed by atoms with Crippen LogP contribution in [-0.2, 0) is 11.2 Å². The van der Waals surface area contributed by atoms with Gasteiger partial charge in [-0.3, -0.25) is 14.9 Å². The quantitative estimate of drug-likeness (QED) is 0.584. The zero-order valence-corrected chi connectivity index (χ0v) is 10.1. The van der Waals surface area contributed by atoms with Crippen molar-refractivity contribution >= 4 is 11.6 Å². The normalized spacial score (nSPS) is 11.9. The van der Waals surface area contributed by atoms with E-state index < -0.39 is 4.92 Å². The number of aliphatic hydroxyl groups is 1. The van der Waals surface area contributed by atoms with Gasteiger partial charge in [-0.15, -0.1) is 0 Å². The van der Waals surface area contributed by atoms with E-state index in [1.54, 1.807) is 18.2 Å². The van der Waals surface area contributed by atoms with Crippen LogP contribution in [0.2, 0.25) is 0 Å². The number of aliphatic hydroxyl groups excluding tert-OH is 1. The summed E-state index contributed by atoms with van der Waals surface area (Å²) in [4.78, 5) is 21.9. The Hall–Kier alpha value is -1.95. The van der Waals surface area contributed by atoms with Crippen LogP contribution in [0, 0.1) is 10.1 Å². The van der Waals surface area contributed by atoms with Gasteiger partial charge in [0.05, 0.1) is 24.0 Å². The van der Waals surface area contributed by atoms with Crippen molar-refractivity contribution < 1.29 is 14.8 Å². The molecule has 0 saturated heterocycles. The van der Waals surface area contributed by atoms with Gasteiger partial charge in [0, 0.05) is 11.6 Å². The third-order valence-electron chi connectivity index (χ3n) is 2.62. The first-order chi connectivity index (χ1) is 8.58. The summed E-state index contributed by atoms with van der Waals surface area (Å²) in [5.74, 6) is -0.329. The van der Waals surface area contributed by atoms with E-state index in [0.717, 1.165) is 0 Å². The Kier molecular flexibility index (Phi) is 5.26. The molecule has 18 heavy (non-hydrogen) atoms. The fraction of sp³-hybridized carbons (Fsp3) is 0.417. The molecule has 6 nitrogen and oxygen atoms in total. The molecule has 0 aliphatic rings. The topological polar surface area (TPSA) is 92.5 Å². The van der Waals surface area contributed by atoms with Crippen molar-refractivity contribution in [3.8, 4) is 0 Å². The Bertz CT molecular complexity index is 430. The lowest BCUT2D eigenvalue weighted by molar-refractivity contribution is -0.385. The first-order valence-electron chi connectivity index (χ1n) is 5.71. The summed E-state index contributed by atoms with van der Waals surface area (Å²) in [5, 5.41) is 22.4. The van der Waals surface area contributed by atoms with Crippen molar-refractivity contribution in [2.24, 2.45) is 0 Å². The number of hydrogen-bond acceptors (Lipinski definition) is 4. The number of rotatable bonds is 6. The highest BCUT2D eigenvalue weighted by Gasteiger charge is 2.16. The van der Waals surface area contributed by atoms with Gasteiger partial charge in [-0.05, 0) is 6.42 Å². The molecule has 0 aromatic heterocycles. The van der Waals surface area contributed by atoms with Crippen LogP contribution in [0.15, 0.2) is 24.3 Å². The molecule has 98 valence electrons. The van der Waals surface area contributed by atoms with Crippen LogP contribution < -0.4 is 5.32 Å². The van der Waals surface area contributed by atoms with Crippen LogP contribution >= 0.6 is 0 Å². The van der Waals surface area contributed by atoms with E-state index in [1.807, 2.05) is 6.92 Å². The van der Waals surface area contributed by atoms with E-state index in [4.69, 9.17) is 5.11 Å². The zero-order chi connectivity index (χ0) is 13.5. The third-order valence-corrected chi connectivity index (χ3v) is 2.62. The highest BCUT2D eigenvalue weighted by atomic mass is 16.6. The Labute approximate surface area is 105 Å². The molecule has 0 radical (unpaired) electrons. The minimum Gasteiger partial charge on any atom is -0.394 e. The molecule has 2 N–H and O–H groups in total. The lowest BCUT2D eigenvalue weighted by Gasteiger charge is -2.13. The highest BCUT2D eigenvalue weighted by molar-refractivity contribution is 5.80. The molecular formula is C12H16N2O4. The summed E-state index contributed by atoms with van der Waals surface area (Å²) in [5.41, 5.74) is 0.303. The molecule has 6 heteroatoms. The van der Waals surface area contributed by atoms with E-state index in [9.17, 15) is 14.9 Å². The van der Waals surface area contributed by atoms with E-state index in [2.05, 4.69) is 5.32 Å². The Morgan fingerprint density at radius 3 is 2.72 bits per heavy atom. The molecule has 1 unspecified atom stereocenters. The molecule has 1 amide bonds. The number of nitrogens with zero attached hydrogens (tertiary/aromatic N) is 1. The van der Waals surface area contributed by atoms with E-state index >= 15 is 0 Å². The van der Waals surface area contributed by atoms with Gasteiger partial charge >= 0.3 is 0 Å². The minimum absolute atomic E-state index is 0.0619. The summed E-state index contributed by atoms with van der Waals surface area (Å²) in [6.45, 7) is 1.70. The van der Waals surface area contributed by atoms with Crippen LogP contribution in [0.1, 0.15) is 18.9 Å². The van der Waals surface area contributed by atoms with Crippen LogP contribution in [0.4, 0.5) is 5.69 Å². The predicted molar refractivity (Wildman–Crippen MR) is 66.1 cm³/mol. The maximum atomic E-state index is 11.7. The molecular weight excluding hydrogens is 236 g/mol. The number of hydrogen-bond donors (Lipinski definition) is 2.